The van der Waals surface area contributed by atoms with Crippen molar-refractivity contribution in [3.8, 4) is 0 Å². The molecule has 0 N–H and O–H groups in total. The molecule has 1 heteroatoms. The first-order valence-corrected chi connectivity index (χ1v) is 6.21. The van der Waals surface area contributed by atoms with Crippen molar-refractivity contribution in [2.24, 2.45) is 4.99 Å². The average molecular weight is 211 g/mol. The third-order valence-corrected chi connectivity index (χ3v) is 3.50. The fourth-order valence-corrected chi connectivity index (χ4v) is 2.64. The monoisotopic (exact) mass is 211 g/mol. The maximum atomic E-state index is 4.62. The van der Waals surface area contributed by atoms with Crippen molar-refractivity contribution in [2.75, 3.05) is 6.54 Å². The SMILES string of the molecule is CCCN=C(C)c1ccc2c3c1C=3CCC=2. The second kappa shape index (κ2) is 3.58. The van der Waals surface area contributed by atoms with Crippen LogP contribution in [0.4, 0.5) is 0 Å². The molecule has 0 fully saturated rings. The molecule has 0 unspecified atom stereocenters. The van der Waals surface area contributed by atoms with Crippen LogP contribution < -0.4 is 10.4 Å². The number of hydrogen-bond acceptors (Lipinski definition) is 1. The molecule has 1 aromatic rings. The molecule has 0 heterocycles. The van der Waals surface area contributed by atoms with Crippen molar-refractivity contribution in [3.63, 3.8) is 0 Å². The van der Waals surface area contributed by atoms with Gasteiger partial charge in [-0.25, -0.2) is 0 Å². The summed E-state index contributed by atoms with van der Waals surface area (Å²) in [5.74, 6) is 0. The van der Waals surface area contributed by atoms with E-state index in [1.54, 1.807) is 5.57 Å². The van der Waals surface area contributed by atoms with Crippen LogP contribution in [0.15, 0.2) is 17.1 Å². The summed E-state index contributed by atoms with van der Waals surface area (Å²) in [6.07, 6.45) is 5.93. The Labute approximate surface area is 96.2 Å². The van der Waals surface area contributed by atoms with Crippen molar-refractivity contribution < 1.29 is 0 Å². The van der Waals surface area contributed by atoms with Gasteiger partial charge in [0, 0.05) is 17.8 Å². The molecule has 0 bridgehead atoms. The molecule has 16 heavy (non-hydrogen) atoms. The second-order valence-corrected chi connectivity index (χ2v) is 4.64. The van der Waals surface area contributed by atoms with E-state index in [9.17, 15) is 0 Å². The Morgan fingerprint density at radius 2 is 2.25 bits per heavy atom. The fourth-order valence-electron chi connectivity index (χ4n) is 2.64. The summed E-state index contributed by atoms with van der Waals surface area (Å²) in [4.78, 5) is 4.62. The van der Waals surface area contributed by atoms with E-state index in [4.69, 9.17) is 0 Å². The van der Waals surface area contributed by atoms with Crippen LogP contribution in [0, 0.1) is 0 Å². The Morgan fingerprint density at radius 1 is 1.38 bits per heavy atom. The number of hydrogen-bond donors (Lipinski definition) is 0. The zero-order valence-corrected chi connectivity index (χ0v) is 10.0. The van der Waals surface area contributed by atoms with Gasteiger partial charge in [0.15, 0.2) is 0 Å². The Kier molecular flexibility index (Phi) is 2.20. The molecule has 0 aliphatic heterocycles. The number of benzene rings is 1. The summed E-state index contributed by atoms with van der Waals surface area (Å²) < 4.78 is 0. The molecule has 2 aliphatic rings. The summed E-state index contributed by atoms with van der Waals surface area (Å²) in [7, 11) is 0. The lowest BCUT2D eigenvalue weighted by Crippen LogP contribution is -2.19. The lowest BCUT2D eigenvalue weighted by molar-refractivity contribution is 0.931. The van der Waals surface area contributed by atoms with Crippen molar-refractivity contribution >= 4 is 17.4 Å². The summed E-state index contributed by atoms with van der Waals surface area (Å²) >= 11 is 0. The Bertz CT molecular complexity index is 591. The third-order valence-electron chi connectivity index (χ3n) is 3.50. The highest BCUT2D eigenvalue weighted by Gasteiger charge is 2.26. The molecule has 1 aromatic carbocycles. The van der Waals surface area contributed by atoms with Crippen molar-refractivity contribution in [1.82, 2.24) is 0 Å². The Morgan fingerprint density at radius 3 is 3.06 bits per heavy atom. The highest BCUT2D eigenvalue weighted by atomic mass is 14.7. The van der Waals surface area contributed by atoms with E-state index in [2.05, 4.69) is 37.0 Å². The molecule has 0 saturated carbocycles. The summed E-state index contributed by atoms with van der Waals surface area (Å²) in [6, 6.07) is 4.50. The predicted octanol–water partition coefficient (Wildman–Crippen LogP) is 1.99. The first kappa shape index (κ1) is 9.83. The molecule has 0 radical (unpaired) electrons. The minimum Gasteiger partial charge on any atom is -0.289 e. The molecule has 0 atom stereocenters. The van der Waals surface area contributed by atoms with Gasteiger partial charge >= 0.3 is 0 Å². The molecule has 82 valence electrons. The largest absolute Gasteiger partial charge is 0.289 e. The van der Waals surface area contributed by atoms with Gasteiger partial charge in [-0.15, -0.1) is 0 Å². The van der Waals surface area contributed by atoms with E-state index in [0.29, 0.717) is 0 Å². The molecule has 0 amide bonds. The van der Waals surface area contributed by atoms with Gasteiger partial charge < -0.3 is 0 Å². The quantitative estimate of drug-likeness (QED) is 0.678. The van der Waals surface area contributed by atoms with Gasteiger partial charge in [0.1, 0.15) is 0 Å². The van der Waals surface area contributed by atoms with Crippen LogP contribution in [0.25, 0.3) is 11.6 Å². The smallest absolute Gasteiger partial charge is 0.0395 e. The van der Waals surface area contributed by atoms with Gasteiger partial charge in [0.2, 0.25) is 0 Å². The minimum atomic E-state index is 0.948. The van der Waals surface area contributed by atoms with Crippen molar-refractivity contribution in [2.45, 2.75) is 33.1 Å². The van der Waals surface area contributed by atoms with Crippen LogP contribution in [-0.2, 0) is 0 Å². The lowest BCUT2D eigenvalue weighted by atomic mass is 10.1. The van der Waals surface area contributed by atoms with E-state index in [1.165, 1.54) is 40.1 Å². The highest BCUT2D eigenvalue weighted by Crippen LogP contribution is 2.29. The number of fused-ring (bicyclic) bond motifs is 1. The average Bonchev–Trinajstić information content (AvgIpc) is 3.04. The summed E-state index contributed by atoms with van der Waals surface area (Å²) in [6.45, 7) is 5.26. The minimum absolute atomic E-state index is 0.948. The van der Waals surface area contributed by atoms with E-state index in [1.807, 2.05) is 0 Å². The van der Waals surface area contributed by atoms with Gasteiger partial charge in [-0.3, -0.25) is 4.99 Å². The van der Waals surface area contributed by atoms with Crippen molar-refractivity contribution in [3.05, 3.63) is 33.7 Å². The fraction of sp³-hybridized carbons (Fsp3) is 0.400. The van der Waals surface area contributed by atoms with Crippen LogP contribution in [0.1, 0.15) is 44.2 Å². The van der Waals surface area contributed by atoms with Gasteiger partial charge in [0.25, 0.3) is 0 Å². The van der Waals surface area contributed by atoms with Crippen LogP contribution in [0.3, 0.4) is 0 Å². The normalized spacial score (nSPS) is 16.9. The number of aliphatic imine (C=N–C) groups is 1. The van der Waals surface area contributed by atoms with E-state index < -0.39 is 0 Å². The van der Waals surface area contributed by atoms with Gasteiger partial charge in [-0.1, -0.05) is 25.1 Å². The van der Waals surface area contributed by atoms with Crippen LogP contribution in [0.5, 0.6) is 0 Å². The molecule has 3 rings (SSSR count). The number of rotatable bonds is 3. The molecule has 0 saturated heterocycles. The first-order chi connectivity index (χ1) is 7.83. The predicted molar refractivity (Wildman–Crippen MR) is 69.3 cm³/mol. The van der Waals surface area contributed by atoms with Gasteiger partial charge in [0.05, 0.1) is 0 Å². The van der Waals surface area contributed by atoms with E-state index >= 15 is 0 Å². The summed E-state index contributed by atoms with van der Waals surface area (Å²) in [5.41, 5.74) is 5.70. The zero-order chi connectivity index (χ0) is 11.1. The second-order valence-electron chi connectivity index (χ2n) is 4.64. The third kappa shape index (κ3) is 1.35. The maximum absolute atomic E-state index is 4.62. The molecule has 1 nitrogen and oxygen atoms in total. The standard InChI is InChI=1S/C15H17N/c1-3-9-16-10(2)12-8-7-11-5-4-6-13-14(11)15(12)13/h5,7-8H,3-4,6,9H2,1-2H3. The molecule has 2 aliphatic carbocycles. The molecular weight excluding hydrogens is 194 g/mol. The summed E-state index contributed by atoms with van der Waals surface area (Å²) in [5, 5.41) is 2.98. The molecule has 0 spiro atoms. The number of nitrogens with zero attached hydrogens (tertiary/aromatic N) is 1. The maximum Gasteiger partial charge on any atom is 0.0395 e. The van der Waals surface area contributed by atoms with Gasteiger partial charge in [-0.05, 0) is 47.8 Å². The lowest BCUT2D eigenvalue weighted by Gasteiger charge is -2.00. The van der Waals surface area contributed by atoms with Crippen LogP contribution in [0.2, 0.25) is 0 Å². The Balaban J connectivity index is 2.04. The van der Waals surface area contributed by atoms with Crippen LogP contribution >= 0.6 is 0 Å². The van der Waals surface area contributed by atoms with E-state index in [0.717, 1.165) is 13.0 Å². The molecular formula is C15H17N. The molecule has 0 aromatic heterocycles. The topological polar surface area (TPSA) is 12.4 Å². The van der Waals surface area contributed by atoms with Gasteiger partial charge in [-0.2, -0.15) is 0 Å². The van der Waals surface area contributed by atoms with Crippen molar-refractivity contribution in [1.29, 1.82) is 0 Å². The Hall–Kier alpha value is -1.37. The van der Waals surface area contributed by atoms with Crippen LogP contribution in [-0.4, -0.2) is 12.3 Å². The zero-order valence-electron chi connectivity index (χ0n) is 10.0. The highest BCUT2D eigenvalue weighted by molar-refractivity contribution is 6.06. The first-order valence-electron chi connectivity index (χ1n) is 6.21. The van der Waals surface area contributed by atoms with E-state index in [-0.39, 0.29) is 0 Å².